The van der Waals surface area contributed by atoms with Crippen molar-refractivity contribution in [3.63, 3.8) is 0 Å². The molecular formula is C27H15N3O. The molecule has 0 saturated carbocycles. The summed E-state index contributed by atoms with van der Waals surface area (Å²) < 4.78 is 10.6. The molecule has 3 aromatic heterocycles. The molecule has 0 N–H and O–H groups in total. The van der Waals surface area contributed by atoms with Crippen LogP contribution in [0.15, 0.2) is 89.3 Å². The van der Waals surface area contributed by atoms with Crippen molar-refractivity contribution in [1.29, 1.82) is 0 Å². The van der Waals surface area contributed by atoms with Gasteiger partial charge in [-0.1, -0.05) is 36.3 Å². The Morgan fingerprint density at radius 2 is 1.58 bits per heavy atom. The maximum Gasteiger partial charge on any atom is 0.220 e. The lowest BCUT2D eigenvalue weighted by molar-refractivity contribution is 0.669. The zero-order chi connectivity index (χ0) is 20.5. The van der Waals surface area contributed by atoms with Crippen molar-refractivity contribution >= 4 is 49.8 Å². The van der Waals surface area contributed by atoms with Crippen LogP contribution in [0.1, 0.15) is 5.56 Å². The minimum Gasteiger partial charge on any atom is -0.456 e. The number of fused-ring (bicyclic) bond motifs is 8. The van der Waals surface area contributed by atoms with Gasteiger partial charge in [-0.25, -0.2) is 4.98 Å². The average molecular weight is 397 g/mol. The summed E-state index contributed by atoms with van der Waals surface area (Å²) in [7, 11) is 0. The fraction of sp³-hybridized carbons (Fsp3) is 0. The number of benzene rings is 4. The van der Waals surface area contributed by atoms with E-state index in [0.717, 1.165) is 61.0 Å². The van der Waals surface area contributed by atoms with Crippen molar-refractivity contribution in [2.24, 2.45) is 0 Å². The summed E-state index contributed by atoms with van der Waals surface area (Å²) >= 11 is 0. The van der Waals surface area contributed by atoms with Crippen LogP contribution in [0.5, 0.6) is 0 Å². The third-order valence-electron chi connectivity index (χ3n) is 5.99. The number of furan rings is 1. The van der Waals surface area contributed by atoms with Crippen molar-refractivity contribution in [3.8, 4) is 18.0 Å². The third-order valence-corrected chi connectivity index (χ3v) is 5.99. The molecule has 0 atom stereocenters. The maximum atomic E-state index is 6.16. The van der Waals surface area contributed by atoms with E-state index in [1.165, 1.54) is 0 Å². The van der Waals surface area contributed by atoms with E-state index in [-0.39, 0.29) is 0 Å². The van der Waals surface area contributed by atoms with E-state index in [1.54, 1.807) is 0 Å². The van der Waals surface area contributed by atoms with Crippen LogP contribution in [0, 0.1) is 12.3 Å². The molecule has 4 aromatic carbocycles. The summed E-state index contributed by atoms with van der Waals surface area (Å²) in [5, 5.41) is 2.04. The molecule has 0 radical (unpaired) electrons. The summed E-state index contributed by atoms with van der Waals surface area (Å²) in [5.41, 5.74) is 7.76. The summed E-state index contributed by atoms with van der Waals surface area (Å²) in [6.07, 6.45) is 5.68. The predicted octanol–water partition coefficient (Wildman–Crippen LogP) is 6.31. The molecule has 0 aliphatic rings. The number of terminal acetylenes is 1. The lowest BCUT2D eigenvalue weighted by Crippen LogP contribution is -1.95. The second kappa shape index (κ2) is 5.78. The Morgan fingerprint density at radius 3 is 2.45 bits per heavy atom. The van der Waals surface area contributed by atoms with E-state index in [0.29, 0.717) is 0 Å². The number of aromatic nitrogens is 3. The van der Waals surface area contributed by atoms with Gasteiger partial charge in [-0.05, 0) is 54.6 Å². The minimum atomic E-state index is 0.822. The molecule has 0 spiro atoms. The summed E-state index contributed by atoms with van der Waals surface area (Å²) in [4.78, 5) is 5.00. The van der Waals surface area contributed by atoms with E-state index in [2.05, 4.69) is 57.4 Å². The van der Waals surface area contributed by atoms with E-state index < -0.39 is 0 Å². The van der Waals surface area contributed by atoms with Crippen LogP contribution in [-0.4, -0.2) is 14.0 Å². The lowest BCUT2D eigenvalue weighted by Gasteiger charge is -2.07. The van der Waals surface area contributed by atoms with Crippen LogP contribution in [0.3, 0.4) is 0 Å². The first-order valence-corrected chi connectivity index (χ1v) is 10.1. The first kappa shape index (κ1) is 16.3. The molecule has 0 unspecified atom stereocenters. The van der Waals surface area contributed by atoms with Crippen LogP contribution in [0.2, 0.25) is 0 Å². The monoisotopic (exact) mass is 397 g/mol. The molecule has 144 valence electrons. The highest BCUT2D eigenvalue weighted by Crippen LogP contribution is 2.37. The van der Waals surface area contributed by atoms with Crippen molar-refractivity contribution in [1.82, 2.24) is 14.0 Å². The molecule has 0 aliphatic carbocycles. The van der Waals surface area contributed by atoms with E-state index in [1.807, 2.05) is 42.5 Å². The number of hydrogen-bond acceptors (Lipinski definition) is 2. The number of rotatable bonds is 1. The second-order valence-electron chi connectivity index (χ2n) is 7.67. The third kappa shape index (κ3) is 2.07. The molecule has 0 fully saturated rings. The number of para-hydroxylation sites is 4. The predicted molar refractivity (Wildman–Crippen MR) is 125 cm³/mol. The Bertz CT molecular complexity index is 1860. The van der Waals surface area contributed by atoms with Gasteiger partial charge in [0, 0.05) is 10.9 Å². The Balaban J connectivity index is 1.72. The average Bonchev–Trinajstić information content (AvgIpc) is 3.46. The van der Waals surface area contributed by atoms with Crippen molar-refractivity contribution in [2.75, 3.05) is 0 Å². The van der Waals surface area contributed by atoms with Crippen molar-refractivity contribution in [3.05, 3.63) is 90.5 Å². The highest BCUT2D eigenvalue weighted by atomic mass is 16.3. The fourth-order valence-electron chi connectivity index (χ4n) is 4.67. The van der Waals surface area contributed by atoms with Crippen LogP contribution < -0.4 is 0 Å². The van der Waals surface area contributed by atoms with Crippen molar-refractivity contribution in [2.45, 2.75) is 0 Å². The minimum absolute atomic E-state index is 0.822. The maximum absolute atomic E-state index is 6.16. The molecule has 3 heterocycles. The van der Waals surface area contributed by atoms with Crippen LogP contribution >= 0.6 is 0 Å². The van der Waals surface area contributed by atoms with Gasteiger partial charge < -0.3 is 4.42 Å². The van der Waals surface area contributed by atoms with E-state index >= 15 is 0 Å². The summed E-state index contributed by atoms with van der Waals surface area (Å²) in [5.74, 6) is 3.61. The Kier molecular flexibility index (Phi) is 3.04. The van der Waals surface area contributed by atoms with E-state index in [4.69, 9.17) is 15.8 Å². The largest absolute Gasteiger partial charge is 0.456 e. The van der Waals surface area contributed by atoms with Gasteiger partial charge >= 0.3 is 0 Å². The smallest absolute Gasteiger partial charge is 0.220 e. The molecule has 31 heavy (non-hydrogen) atoms. The lowest BCUT2D eigenvalue weighted by atomic mass is 10.1. The van der Waals surface area contributed by atoms with Crippen LogP contribution in [0.25, 0.3) is 55.5 Å². The first-order valence-electron chi connectivity index (χ1n) is 10.1. The van der Waals surface area contributed by atoms with Crippen LogP contribution in [0.4, 0.5) is 0 Å². The van der Waals surface area contributed by atoms with Crippen molar-refractivity contribution < 1.29 is 4.42 Å². The quantitative estimate of drug-likeness (QED) is 0.304. The van der Waals surface area contributed by atoms with Gasteiger partial charge in [-0.3, -0.25) is 8.97 Å². The summed E-state index contributed by atoms with van der Waals surface area (Å²) in [6, 6.07) is 28.6. The molecule has 0 bridgehead atoms. The Labute approximate surface area is 176 Å². The van der Waals surface area contributed by atoms with Gasteiger partial charge in [-0.15, -0.1) is 6.42 Å². The molecule has 0 saturated heterocycles. The SMILES string of the molecule is C#Cc1ccc2oc3cccc(-n4c5ccccc5n5c6ccccc6nc45)c3c2c1. The zero-order valence-corrected chi connectivity index (χ0v) is 16.4. The van der Waals surface area contributed by atoms with Gasteiger partial charge in [0.2, 0.25) is 5.78 Å². The topological polar surface area (TPSA) is 35.4 Å². The van der Waals surface area contributed by atoms with Gasteiger partial charge in [0.1, 0.15) is 11.2 Å². The van der Waals surface area contributed by atoms with E-state index in [9.17, 15) is 0 Å². The molecule has 7 rings (SSSR count). The van der Waals surface area contributed by atoms with Crippen LogP contribution in [-0.2, 0) is 0 Å². The molecule has 0 aliphatic heterocycles. The molecule has 0 amide bonds. The molecule has 7 aromatic rings. The normalized spacial score (nSPS) is 11.8. The highest BCUT2D eigenvalue weighted by Gasteiger charge is 2.20. The molecule has 4 nitrogen and oxygen atoms in total. The fourth-order valence-corrected chi connectivity index (χ4v) is 4.67. The van der Waals surface area contributed by atoms with Gasteiger partial charge in [-0.2, -0.15) is 0 Å². The number of imidazole rings is 2. The molecular weight excluding hydrogens is 382 g/mol. The standard InChI is InChI=1S/C27H15N3O/c1-2-17-14-15-24-18(16-17)26-23(12-7-13-25(26)31-24)30-22-11-6-5-10-21(22)29-20-9-4-3-8-19(20)28-27(29)30/h1,3-16H. The second-order valence-corrected chi connectivity index (χ2v) is 7.67. The number of hydrogen-bond donors (Lipinski definition) is 0. The van der Waals surface area contributed by atoms with Gasteiger partial charge in [0.05, 0.1) is 33.1 Å². The Hall–Kier alpha value is -4.49. The highest BCUT2D eigenvalue weighted by molar-refractivity contribution is 6.10. The molecule has 4 heteroatoms. The summed E-state index contributed by atoms with van der Waals surface area (Å²) in [6.45, 7) is 0. The van der Waals surface area contributed by atoms with Gasteiger partial charge in [0.15, 0.2) is 0 Å². The first-order chi connectivity index (χ1) is 15.3. The zero-order valence-electron chi connectivity index (χ0n) is 16.4. The number of nitrogens with zero attached hydrogens (tertiary/aromatic N) is 3. The Morgan fingerprint density at radius 1 is 0.774 bits per heavy atom. The van der Waals surface area contributed by atoms with Gasteiger partial charge in [0.25, 0.3) is 0 Å².